The average molecular weight is 247 g/mol. The van der Waals surface area contributed by atoms with Crippen molar-refractivity contribution in [3.05, 3.63) is 23.3 Å². The van der Waals surface area contributed by atoms with E-state index in [1.807, 2.05) is 7.05 Å². The third-order valence-electron chi connectivity index (χ3n) is 3.99. The molecule has 3 heteroatoms. The fourth-order valence-corrected chi connectivity index (χ4v) is 2.77. The Balaban J connectivity index is 2.13. The van der Waals surface area contributed by atoms with Gasteiger partial charge in [-0.05, 0) is 51.1 Å². The summed E-state index contributed by atoms with van der Waals surface area (Å²) in [6.45, 7) is 7.63. The Labute approximate surface area is 110 Å². The van der Waals surface area contributed by atoms with Gasteiger partial charge in [0, 0.05) is 18.2 Å². The maximum atomic E-state index is 4.72. The first-order valence-corrected chi connectivity index (χ1v) is 6.99. The normalized spacial score (nSPS) is 20.0. The maximum absolute atomic E-state index is 4.72. The van der Waals surface area contributed by atoms with E-state index >= 15 is 0 Å². The van der Waals surface area contributed by atoms with Gasteiger partial charge in [0.05, 0.1) is 5.69 Å². The molecule has 0 bridgehead atoms. The number of aryl methyl sites for hydroxylation is 1. The molecule has 1 N–H and O–H groups in total. The van der Waals surface area contributed by atoms with Gasteiger partial charge in [0.25, 0.3) is 0 Å². The van der Waals surface area contributed by atoms with Gasteiger partial charge in [0.1, 0.15) is 5.82 Å². The lowest BCUT2D eigenvalue weighted by Crippen LogP contribution is -2.22. The van der Waals surface area contributed by atoms with E-state index in [0.29, 0.717) is 11.3 Å². The van der Waals surface area contributed by atoms with Crippen LogP contribution >= 0.6 is 0 Å². The summed E-state index contributed by atoms with van der Waals surface area (Å²) in [5.74, 6) is 1.63. The van der Waals surface area contributed by atoms with Crippen LogP contribution in [-0.2, 0) is 6.54 Å². The highest BCUT2D eigenvalue weighted by atomic mass is 14.9. The van der Waals surface area contributed by atoms with Crippen molar-refractivity contribution in [3.8, 4) is 0 Å². The molecule has 1 fully saturated rings. The molecular formula is C15H25N3. The van der Waals surface area contributed by atoms with Crippen LogP contribution in [-0.4, -0.2) is 17.0 Å². The van der Waals surface area contributed by atoms with Crippen LogP contribution in [0.15, 0.2) is 6.07 Å². The third kappa shape index (κ3) is 3.29. The first kappa shape index (κ1) is 13.5. The summed E-state index contributed by atoms with van der Waals surface area (Å²) in [5.41, 5.74) is 2.72. The van der Waals surface area contributed by atoms with Crippen molar-refractivity contribution in [3.63, 3.8) is 0 Å². The molecule has 1 heterocycles. The molecule has 2 rings (SSSR count). The molecule has 0 saturated heterocycles. The average Bonchev–Trinajstić information content (AvgIpc) is 2.28. The lowest BCUT2D eigenvalue weighted by Gasteiger charge is -2.33. The topological polar surface area (TPSA) is 37.8 Å². The second-order valence-corrected chi connectivity index (χ2v) is 6.33. The summed E-state index contributed by atoms with van der Waals surface area (Å²) in [4.78, 5) is 9.37. The summed E-state index contributed by atoms with van der Waals surface area (Å²) in [6.07, 6.45) is 5.04. The summed E-state index contributed by atoms with van der Waals surface area (Å²) >= 11 is 0. The Kier molecular flexibility index (Phi) is 4.00. The molecule has 0 aliphatic heterocycles. The maximum Gasteiger partial charge on any atom is 0.131 e. The summed E-state index contributed by atoms with van der Waals surface area (Å²) in [7, 11) is 1.96. The number of rotatable bonds is 3. The van der Waals surface area contributed by atoms with Crippen LogP contribution in [0.4, 0.5) is 0 Å². The summed E-state index contributed by atoms with van der Waals surface area (Å²) in [5, 5.41) is 3.16. The zero-order valence-corrected chi connectivity index (χ0v) is 12.1. The molecule has 3 nitrogen and oxygen atoms in total. The van der Waals surface area contributed by atoms with Gasteiger partial charge >= 0.3 is 0 Å². The van der Waals surface area contributed by atoms with Gasteiger partial charge in [0.2, 0.25) is 0 Å². The van der Waals surface area contributed by atoms with Crippen LogP contribution in [0.3, 0.4) is 0 Å². The van der Waals surface area contributed by atoms with Crippen molar-refractivity contribution >= 4 is 0 Å². The molecule has 1 aromatic rings. The predicted molar refractivity (Wildman–Crippen MR) is 74.5 cm³/mol. The van der Waals surface area contributed by atoms with Crippen molar-refractivity contribution in [1.82, 2.24) is 15.3 Å². The molecule has 100 valence electrons. The van der Waals surface area contributed by atoms with Crippen molar-refractivity contribution in [2.45, 2.75) is 58.9 Å². The summed E-state index contributed by atoms with van der Waals surface area (Å²) in [6, 6.07) is 2.08. The molecular weight excluding hydrogens is 222 g/mol. The largest absolute Gasteiger partial charge is 0.314 e. The molecule has 1 aliphatic rings. The lowest BCUT2D eigenvalue weighted by molar-refractivity contribution is 0.220. The predicted octanol–water partition coefficient (Wildman–Crippen LogP) is 3.19. The zero-order chi connectivity index (χ0) is 13.2. The first-order chi connectivity index (χ1) is 8.50. The van der Waals surface area contributed by atoms with Crippen molar-refractivity contribution in [1.29, 1.82) is 0 Å². The molecule has 0 spiro atoms. The lowest BCUT2D eigenvalue weighted by atomic mass is 9.73. The minimum absolute atomic E-state index is 0.508. The van der Waals surface area contributed by atoms with E-state index in [1.165, 1.54) is 25.7 Å². The van der Waals surface area contributed by atoms with Gasteiger partial charge in [-0.1, -0.05) is 13.8 Å². The fraction of sp³-hybridized carbons (Fsp3) is 0.733. The van der Waals surface area contributed by atoms with E-state index < -0.39 is 0 Å². The molecule has 0 radical (unpaired) electrons. The number of aromatic nitrogens is 2. The quantitative estimate of drug-likeness (QED) is 0.891. The van der Waals surface area contributed by atoms with Crippen LogP contribution in [0.25, 0.3) is 0 Å². The van der Waals surface area contributed by atoms with Crippen LogP contribution in [0.1, 0.15) is 62.7 Å². The monoisotopic (exact) mass is 247 g/mol. The van der Waals surface area contributed by atoms with E-state index in [2.05, 4.69) is 37.1 Å². The number of hydrogen-bond acceptors (Lipinski definition) is 3. The fourth-order valence-electron chi connectivity index (χ4n) is 2.77. The van der Waals surface area contributed by atoms with Gasteiger partial charge in [-0.3, -0.25) is 0 Å². The summed E-state index contributed by atoms with van der Waals surface area (Å²) < 4.78 is 0. The van der Waals surface area contributed by atoms with Crippen LogP contribution in [0.5, 0.6) is 0 Å². The number of hydrogen-bond donors (Lipinski definition) is 1. The highest BCUT2D eigenvalue weighted by Crippen LogP contribution is 2.41. The van der Waals surface area contributed by atoms with Gasteiger partial charge in [-0.2, -0.15) is 0 Å². The molecule has 0 atom stereocenters. The van der Waals surface area contributed by atoms with Crippen molar-refractivity contribution < 1.29 is 0 Å². The van der Waals surface area contributed by atoms with Crippen molar-refractivity contribution in [2.75, 3.05) is 7.05 Å². The van der Waals surface area contributed by atoms with Gasteiger partial charge < -0.3 is 5.32 Å². The minimum Gasteiger partial charge on any atom is -0.314 e. The molecule has 1 aromatic heterocycles. The highest BCUT2D eigenvalue weighted by molar-refractivity contribution is 5.13. The molecule has 1 saturated carbocycles. The zero-order valence-electron chi connectivity index (χ0n) is 12.1. The standard InChI is InChI=1S/C15H25N3/c1-11-9-13(10-16-4)18-14(17-11)12-5-7-15(2,3)8-6-12/h9,12,16H,5-8,10H2,1-4H3. The third-order valence-corrected chi connectivity index (χ3v) is 3.99. The molecule has 1 aliphatic carbocycles. The Morgan fingerprint density at radius 1 is 1.28 bits per heavy atom. The Morgan fingerprint density at radius 3 is 2.56 bits per heavy atom. The van der Waals surface area contributed by atoms with Gasteiger partial charge in [-0.25, -0.2) is 9.97 Å². The number of nitrogens with zero attached hydrogens (tertiary/aromatic N) is 2. The number of nitrogens with one attached hydrogen (secondary N) is 1. The molecule has 0 aromatic carbocycles. The van der Waals surface area contributed by atoms with Crippen LogP contribution in [0, 0.1) is 12.3 Å². The molecule has 0 unspecified atom stereocenters. The van der Waals surface area contributed by atoms with E-state index in [1.54, 1.807) is 0 Å². The first-order valence-electron chi connectivity index (χ1n) is 6.99. The van der Waals surface area contributed by atoms with Crippen molar-refractivity contribution in [2.24, 2.45) is 5.41 Å². The second-order valence-electron chi connectivity index (χ2n) is 6.33. The smallest absolute Gasteiger partial charge is 0.131 e. The van der Waals surface area contributed by atoms with E-state index in [4.69, 9.17) is 4.98 Å². The molecule has 18 heavy (non-hydrogen) atoms. The molecule has 0 amide bonds. The van der Waals surface area contributed by atoms with Crippen LogP contribution in [0.2, 0.25) is 0 Å². The Bertz CT molecular complexity index is 402. The second kappa shape index (κ2) is 5.35. The minimum atomic E-state index is 0.508. The van der Waals surface area contributed by atoms with E-state index in [0.717, 1.165) is 23.8 Å². The Morgan fingerprint density at radius 2 is 1.94 bits per heavy atom. The van der Waals surface area contributed by atoms with E-state index in [9.17, 15) is 0 Å². The van der Waals surface area contributed by atoms with Gasteiger partial charge in [0.15, 0.2) is 0 Å². The van der Waals surface area contributed by atoms with Gasteiger partial charge in [-0.15, -0.1) is 0 Å². The highest BCUT2D eigenvalue weighted by Gasteiger charge is 2.29. The van der Waals surface area contributed by atoms with Crippen LogP contribution < -0.4 is 5.32 Å². The SMILES string of the molecule is CNCc1cc(C)nc(C2CCC(C)(C)CC2)n1. The Hall–Kier alpha value is -0.960. The van der Waals surface area contributed by atoms with E-state index in [-0.39, 0.29) is 0 Å².